The number of nitrogens with zero attached hydrogens (tertiary/aromatic N) is 1. The molecule has 2 N–H and O–H groups in total. The van der Waals surface area contributed by atoms with Gasteiger partial charge in [-0.05, 0) is 73.2 Å². The summed E-state index contributed by atoms with van der Waals surface area (Å²) < 4.78 is 0. The maximum atomic E-state index is 9.96. The number of nitrogens with one attached hydrogen (secondary N) is 1. The standard InChI is InChI=1S/C18H22N2O/c21-18-12-14(4-5-17-3-1-2-8-20-17)11-16(13-18)15-6-9-19-10-7-15/h6-7,9-13,17,20-21H,1-5,8H2. The van der Waals surface area contributed by atoms with Crippen LogP contribution in [-0.4, -0.2) is 22.7 Å². The Labute approximate surface area is 126 Å². The summed E-state index contributed by atoms with van der Waals surface area (Å²) in [4.78, 5) is 4.04. The fourth-order valence-electron chi connectivity index (χ4n) is 3.04. The lowest BCUT2D eigenvalue weighted by Gasteiger charge is -2.23. The Morgan fingerprint density at radius 2 is 1.95 bits per heavy atom. The number of phenolic OH excluding ortho intramolecular Hbond substituents is 1. The third kappa shape index (κ3) is 3.82. The fraction of sp³-hybridized carbons (Fsp3) is 0.389. The number of hydrogen-bond donors (Lipinski definition) is 2. The summed E-state index contributed by atoms with van der Waals surface area (Å²) in [6.45, 7) is 1.15. The number of pyridine rings is 1. The Balaban J connectivity index is 1.72. The van der Waals surface area contributed by atoms with Gasteiger partial charge < -0.3 is 10.4 Å². The molecule has 3 heteroatoms. The highest BCUT2D eigenvalue weighted by Crippen LogP contribution is 2.26. The van der Waals surface area contributed by atoms with Gasteiger partial charge in [0.15, 0.2) is 0 Å². The number of aromatic hydroxyl groups is 1. The minimum atomic E-state index is 0.343. The average molecular weight is 282 g/mol. The van der Waals surface area contributed by atoms with Gasteiger partial charge in [-0.2, -0.15) is 0 Å². The predicted molar refractivity (Wildman–Crippen MR) is 85.3 cm³/mol. The minimum Gasteiger partial charge on any atom is -0.508 e. The van der Waals surface area contributed by atoms with Gasteiger partial charge in [0.2, 0.25) is 0 Å². The molecule has 0 radical (unpaired) electrons. The van der Waals surface area contributed by atoms with Crippen molar-refractivity contribution in [2.75, 3.05) is 6.54 Å². The minimum absolute atomic E-state index is 0.343. The van der Waals surface area contributed by atoms with E-state index in [1.54, 1.807) is 12.4 Å². The second-order valence-corrected chi connectivity index (χ2v) is 5.81. The second-order valence-electron chi connectivity index (χ2n) is 5.81. The summed E-state index contributed by atoms with van der Waals surface area (Å²) in [7, 11) is 0. The Hall–Kier alpha value is -1.87. The molecule has 3 nitrogen and oxygen atoms in total. The molecule has 21 heavy (non-hydrogen) atoms. The smallest absolute Gasteiger partial charge is 0.116 e. The Morgan fingerprint density at radius 1 is 1.10 bits per heavy atom. The van der Waals surface area contributed by atoms with Gasteiger partial charge in [-0.3, -0.25) is 4.98 Å². The van der Waals surface area contributed by atoms with Crippen LogP contribution in [0.4, 0.5) is 0 Å². The largest absolute Gasteiger partial charge is 0.508 e. The molecule has 1 unspecified atom stereocenters. The van der Waals surface area contributed by atoms with E-state index in [4.69, 9.17) is 0 Å². The maximum Gasteiger partial charge on any atom is 0.116 e. The molecule has 1 fully saturated rings. The molecule has 1 aromatic heterocycles. The molecule has 1 aliphatic heterocycles. The normalized spacial score (nSPS) is 18.6. The molecule has 2 heterocycles. The molecule has 1 aliphatic rings. The van der Waals surface area contributed by atoms with Crippen molar-refractivity contribution in [3.8, 4) is 16.9 Å². The van der Waals surface area contributed by atoms with Crippen molar-refractivity contribution in [1.29, 1.82) is 0 Å². The van der Waals surface area contributed by atoms with Crippen molar-refractivity contribution in [3.63, 3.8) is 0 Å². The Morgan fingerprint density at radius 3 is 2.71 bits per heavy atom. The zero-order valence-electron chi connectivity index (χ0n) is 12.3. The molecular formula is C18H22N2O. The first-order valence-corrected chi connectivity index (χ1v) is 7.78. The van der Waals surface area contributed by atoms with Crippen molar-refractivity contribution >= 4 is 0 Å². The zero-order valence-corrected chi connectivity index (χ0v) is 12.3. The van der Waals surface area contributed by atoms with Crippen LogP contribution in [0.2, 0.25) is 0 Å². The SMILES string of the molecule is Oc1cc(CCC2CCCCN2)cc(-c2ccncc2)c1. The lowest BCUT2D eigenvalue weighted by molar-refractivity contribution is 0.382. The quantitative estimate of drug-likeness (QED) is 0.901. The van der Waals surface area contributed by atoms with E-state index in [0.717, 1.165) is 30.5 Å². The summed E-state index contributed by atoms with van der Waals surface area (Å²) in [5, 5.41) is 13.5. The lowest BCUT2D eigenvalue weighted by Crippen LogP contribution is -2.34. The van der Waals surface area contributed by atoms with E-state index in [-0.39, 0.29) is 0 Å². The number of rotatable bonds is 4. The summed E-state index contributed by atoms with van der Waals surface area (Å²) in [5.41, 5.74) is 3.36. The van der Waals surface area contributed by atoms with E-state index in [2.05, 4.69) is 16.4 Å². The molecule has 0 bridgehead atoms. The number of phenols is 1. The first kappa shape index (κ1) is 14.1. The molecule has 0 aliphatic carbocycles. The van der Waals surface area contributed by atoms with Crippen LogP contribution in [0.5, 0.6) is 5.75 Å². The molecule has 3 rings (SSSR count). The van der Waals surface area contributed by atoms with Crippen LogP contribution < -0.4 is 5.32 Å². The first-order chi connectivity index (χ1) is 10.3. The molecule has 1 atom stereocenters. The third-order valence-electron chi connectivity index (χ3n) is 4.19. The molecule has 1 saturated heterocycles. The van der Waals surface area contributed by atoms with Gasteiger partial charge in [-0.25, -0.2) is 0 Å². The molecule has 0 amide bonds. The number of aryl methyl sites for hydroxylation is 1. The van der Waals surface area contributed by atoms with E-state index in [1.165, 1.54) is 24.8 Å². The van der Waals surface area contributed by atoms with Gasteiger partial charge in [0, 0.05) is 18.4 Å². The summed E-state index contributed by atoms with van der Waals surface area (Å²) in [5.74, 6) is 0.343. The highest BCUT2D eigenvalue weighted by Gasteiger charge is 2.12. The summed E-state index contributed by atoms with van der Waals surface area (Å²) in [6.07, 6.45) is 9.62. The molecule has 110 valence electrons. The van der Waals surface area contributed by atoms with E-state index < -0.39 is 0 Å². The Kier molecular flexibility index (Phi) is 4.51. The van der Waals surface area contributed by atoms with Crippen LogP contribution in [0.15, 0.2) is 42.7 Å². The lowest BCUT2D eigenvalue weighted by atomic mass is 9.96. The van der Waals surface area contributed by atoms with Crippen molar-refractivity contribution in [2.24, 2.45) is 0 Å². The number of aromatic nitrogens is 1. The van der Waals surface area contributed by atoms with E-state index in [0.29, 0.717) is 11.8 Å². The number of hydrogen-bond acceptors (Lipinski definition) is 3. The topological polar surface area (TPSA) is 45.1 Å². The number of piperidine rings is 1. The average Bonchev–Trinajstić information content (AvgIpc) is 2.54. The predicted octanol–water partition coefficient (Wildman–Crippen LogP) is 3.53. The van der Waals surface area contributed by atoms with Gasteiger partial charge in [-0.15, -0.1) is 0 Å². The van der Waals surface area contributed by atoms with E-state index in [9.17, 15) is 5.11 Å². The van der Waals surface area contributed by atoms with Crippen LogP contribution in [0, 0.1) is 0 Å². The number of benzene rings is 1. The second kappa shape index (κ2) is 6.72. The molecule has 2 aromatic rings. The van der Waals surface area contributed by atoms with Crippen LogP contribution in [-0.2, 0) is 6.42 Å². The van der Waals surface area contributed by atoms with E-state index in [1.807, 2.05) is 24.3 Å². The van der Waals surface area contributed by atoms with Crippen molar-refractivity contribution in [3.05, 3.63) is 48.3 Å². The van der Waals surface area contributed by atoms with Crippen molar-refractivity contribution in [2.45, 2.75) is 38.1 Å². The third-order valence-corrected chi connectivity index (χ3v) is 4.19. The highest BCUT2D eigenvalue weighted by molar-refractivity contribution is 5.65. The molecule has 0 spiro atoms. The zero-order chi connectivity index (χ0) is 14.5. The molecular weight excluding hydrogens is 260 g/mol. The monoisotopic (exact) mass is 282 g/mol. The van der Waals surface area contributed by atoms with Crippen LogP contribution in [0.3, 0.4) is 0 Å². The highest BCUT2D eigenvalue weighted by atomic mass is 16.3. The fourth-order valence-corrected chi connectivity index (χ4v) is 3.04. The Bertz CT molecular complexity index is 577. The molecule has 0 saturated carbocycles. The van der Waals surface area contributed by atoms with Crippen LogP contribution >= 0.6 is 0 Å². The van der Waals surface area contributed by atoms with E-state index >= 15 is 0 Å². The first-order valence-electron chi connectivity index (χ1n) is 7.78. The van der Waals surface area contributed by atoms with Crippen LogP contribution in [0.1, 0.15) is 31.2 Å². The maximum absolute atomic E-state index is 9.96. The van der Waals surface area contributed by atoms with Gasteiger partial charge >= 0.3 is 0 Å². The van der Waals surface area contributed by atoms with Crippen molar-refractivity contribution in [1.82, 2.24) is 10.3 Å². The molecule has 1 aromatic carbocycles. The van der Waals surface area contributed by atoms with Gasteiger partial charge in [0.25, 0.3) is 0 Å². The van der Waals surface area contributed by atoms with Crippen molar-refractivity contribution < 1.29 is 5.11 Å². The summed E-state index contributed by atoms with van der Waals surface area (Å²) >= 11 is 0. The van der Waals surface area contributed by atoms with Crippen LogP contribution in [0.25, 0.3) is 11.1 Å². The summed E-state index contributed by atoms with van der Waals surface area (Å²) in [6, 6.07) is 10.5. The van der Waals surface area contributed by atoms with Gasteiger partial charge in [-0.1, -0.05) is 12.5 Å². The van der Waals surface area contributed by atoms with Gasteiger partial charge in [0.1, 0.15) is 5.75 Å². The van der Waals surface area contributed by atoms with Gasteiger partial charge in [0.05, 0.1) is 0 Å².